The standard InChI is InChI=1S/C15H22N2O3/c1-3-4-9-16-14(18)10-17-15(19)11-20-13-7-5-12(2)6-8-13/h5-8H,3-4,9-11H2,1-2H3,(H,16,18)(H,17,19). The van der Waals surface area contributed by atoms with Crippen molar-refractivity contribution >= 4 is 11.8 Å². The van der Waals surface area contributed by atoms with Crippen LogP contribution in [0.3, 0.4) is 0 Å². The monoisotopic (exact) mass is 278 g/mol. The van der Waals surface area contributed by atoms with Crippen molar-refractivity contribution < 1.29 is 14.3 Å². The number of aryl methyl sites for hydroxylation is 1. The first kappa shape index (κ1) is 16.0. The number of benzene rings is 1. The summed E-state index contributed by atoms with van der Waals surface area (Å²) in [5, 5.41) is 5.24. The van der Waals surface area contributed by atoms with Gasteiger partial charge >= 0.3 is 0 Å². The van der Waals surface area contributed by atoms with Gasteiger partial charge in [-0.3, -0.25) is 9.59 Å². The first-order chi connectivity index (χ1) is 9.61. The molecule has 0 atom stereocenters. The molecule has 0 bridgehead atoms. The van der Waals surface area contributed by atoms with Crippen molar-refractivity contribution in [2.75, 3.05) is 19.7 Å². The summed E-state index contributed by atoms with van der Waals surface area (Å²) in [6.45, 7) is 4.57. The van der Waals surface area contributed by atoms with Gasteiger partial charge in [0.05, 0.1) is 6.54 Å². The molecule has 1 aromatic rings. The number of ether oxygens (including phenoxy) is 1. The molecule has 110 valence electrons. The van der Waals surface area contributed by atoms with Crippen LogP contribution in [0.1, 0.15) is 25.3 Å². The summed E-state index contributed by atoms with van der Waals surface area (Å²) in [5.74, 6) is 0.150. The minimum atomic E-state index is -0.309. The zero-order chi connectivity index (χ0) is 14.8. The van der Waals surface area contributed by atoms with Gasteiger partial charge in [-0.2, -0.15) is 0 Å². The van der Waals surface area contributed by atoms with Gasteiger partial charge in [0.15, 0.2) is 6.61 Å². The van der Waals surface area contributed by atoms with Gasteiger partial charge in [0.1, 0.15) is 5.75 Å². The third-order valence-corrected chi connectivity index (χ3v) is 2.69. The topological polar surface area (TPSA) is 67.4 Å². The van der Waals surface area contributed by atoms with Crippen molar-refractivity contribution in [3.63, 3.8) is 0 Å². The fourth-order valence-electron chi connectivity index (χ4n) is 1.48. The first-order valence-corrected chi connectivity index (χ1v) is 6.84. The summed E-state index contributed by atoms with van der Waals surface area (Å²) < 4.78 is 5.31. The maximum atomic E-state index is 11.5. The van der Waals surface area contributed by atoms with Crippen molar-refractivity contribution in [3.8, 4) is 5.75 Å². The third kappa shape index (κ3) is 6.78. The van der Waals surface area contributed by atoms with Gasteiger partial charge in [0, 0.05) is 6.54 Å². The van der Waals surface area contributed by atoms with Crippen molar-refractivity contribution in [3.05, 3.63) is 29.8 Å². The van der Waals surface area contributed by atoms with E-state index in [-0.39, 0.29) is 25.0 Å². The number of amides is 2. The molecule has 0 heterocycles. The van der Waals surface area contributed by atoms with E-state index in [9.17, 15) is 9.59 Å². The molecule has 0 aromatic heterocycles. The van der Waals surface area contributed by atoms with Crippen LogP contribution in [0.25, 0.3) is 0 Å². The highest BCUT2D eigenvalue weighted by Gasteiger charge is 2.05. The average Bonchev–Trinajstić information content (AvgIpc) is 2.45. The molecule has 5 nitrogen and oxygen atoms in total. The van der Waals surface area contributed by atoms with E-state index in [4.69, 9.17) is 4.74 Å². The third-order valence-electron chi connectivity index (χ3n) is 2.69. The lowest BCUT2D eigenvalue weighted by Gasteiger charge is -2.08. The van der Waals surface area contributed by atoms with Crippen LogP contribution in [0.4, 0.5) is 0 Å². The van der Waals surface area contributed by atoms with E-state index in [1.165, 1.54) is 0 Å². The number of unbranched alkanes of at least 4 members (excludes halogenated alkanes) is 1. The number of rotatable bonds is 8. The van der Waals surface area contributed by atoms with Gasteiger partial charge in [-0.25, -0.2) is 0 Å². The van der Waals surface area contributed by atoms with Crippen LogP contribution in [0.5, 0.6) is 5.75 Å². The molecule has 1 rings (SSSR count). The van der Waals surface area contributed by atoms with Crippen molar-refractivity contribution in [2.45, 2.75) is 26.7 Å². The Morgan fingerprint density at radius 3 is 2.45 bits per heavy atom. The van der Waals surface area contributed by atoms with Crippen LogP contribution in [0.15, 0.2) is 24.3 Å². The summed E-state index contributed by atoms with van der Waals surface area (Å²) in [5.41, 5.74) is 1.13. The van der Waals surface area contributed by atoms with E-state index in [2.05, 4.69) is 17.6 Å². The van der Waals surface area contributed by atoms with Crippen LogP contribution >= 0.6 is 0 Å². The summed E-state index contributed by atoms with van der Waals surface area (Å²) in [6, 6.07) is 7.43. The Labute approximate surface area is 119 Å². The molecule has 2 N–H and O–H groups in total. The molecule has 2 amide bonds. The molecule has 1 aromatic carbocycles. The fraction of sp³-hybridized carbons (Fsp3) is 0.467. The Kier molecular flexibility index (Phi) is 7.17. The van der Waals surface area contributed by atoms with Gasteiger partial charge in [0.2, 0.25) is 5.91 Å². The second-order valence-corrected chi connectivity index (χ2v) is 4.58. The lowest BCUT2D eigenvalue weighted by atomic mass is 10.2. The number of hydrogen-bond donors (Lipinski definition) is 2. The molecule has 0 fully saturated rings. The van der Waals surface area contributed by atoms with Crippen LogP contribution in [0.2, 0.25) is 0 Å². The summed E-state index contributed by atoms with van der Waals surface area (Å²) in [4.78, 5) is 22.9. The molecular formula is C15H22N2O3. The SMILES string of the molecule is CCCCNC(=O)CNC(=O)COc1ccc(C)cc1. The van der Waals surface area contributed by atoms with Crippen molar-refractivity contribution in [2.24, 2.45) is 0 Å². The second kappa shape index (κ2) is 8.96. The van der Waals surface area contributed by atoms with E-state index in [1.54, 1.807) is 12.1 Å². The predicted molar refractivity (Wildman–Crippen MR) is 77.6 cm³/mol. The summed E-state index contributed by atoms with van der Waals surface area (Å²) in [6.07, 6.45) is 1.97. The minimum Gasteiger partial charge on any atom is -0.484 e. The molecule has 5 heteroatoms. The summed E-state index contributed by atoms with van der Waals surface area (Å²) in [7, 11) is 0. The van der Waals surface area contributed by atoms with Gasteiger partial charge in [-0.1, -0.05) is 31.0 Å². The van der Waals surface area contributed by atoms with Crippen molar-refractivity contribution in [1.82, 2.24) is 10.6 Å². The summed E-state index contributed by atoms with van der Waals surface area (Å²) >= 11 is 0. The van der Waals surface area contributed by atoms with E-state index in [1.807, 2.05) is 19.1 Å². The van der Waals surface area contributed by atoms with Gasteiger partial charge in [-0.15, -0.1) is 0 Å². The lowest BCUT2D eigenvalue weighted by Crippen LogP contribution is -2.39. The number of nitrogens with one attached hydrogen (secondary N) is 2. The van der Waals surface area contributed by atoms with E-state index in [0.29, 0.717) is 12.3 Å². The fourth-order valence-corrected chi connectivity index (χ4v) is 1.48. The van der Waals surface area contributed by atoms with Crippen LogP contribution in [-0.4, -0.2) is 31.5 Å². The molecular weight excluding hydrogens is 256 g/mol. The Morgan fingerprint density at radius 2 is 1.80 bits per heavy atom. The largest absolute Gasteiger partial charge is 0.484 e. The van der Waals surface area contributed by atoms with Gasteiger partial charge < -0.3 is 15.4 Å². The Balaban J connectivity index is 2.17. The molecule has 0 saturated carbocycles. The maximum absolute atomic E-state index is 11.5. The zero-order valence-electron chi connectivity index (χ0n) is 12.1. The highest BCUT2D eigenvalue weighted by molar-refractivity contribution is 5.85. The van der Waals surface area contributed by atoms with Crippen LogP contribution in [-0.2, 0) is 9.59 Å². The molecule has 0 aliphatic rings. The van der Waals surface area contributed by atoms with Crippen molar-refractivity contribution in [1.29, 1.82) is 0 Å². The number of hydrogen-bond acceptors (Lipinski definition) is 3. The maximum Gasteiger partial charge on any atom is 0.258 e. The molecule has 0 unspecified atom stereocenters. The number of carbonyl (C=O) groups is 2. The molecule has 0 radical (unpaired) electrons. The molecule has 0 saturated heterocycles. The highest BCUT2D eigenvalue weighted by atomic mass is 16.5. The smallest absolute Gasteiger partial charge is 0.258 e. The van der Waals surface area contributed by atoms with E-state index >= 15 is 0 Å². The minimum absolute atomic E-state index is 0.0141. The second-order valence-electron chi connectivity index (χ2n) is 4.58. The Bertz CT molecular complexity index is 429. The average molecular weight is 278 g/mol. The molecule has 20 heavy (non-hydrogen) atoms. The van der Waals surface area contributed by atoms with Gasteiger partial charge in [0.25, 0.3) is 5.91 Å². The van der Waals surface area contributed by atoms with E-state index < -0.39 is 0 Å². The van der Waals surface area contributed by atoms with Gasteiger partial charge in [-0.05, 0) is 25.5 Å². The lowest BCUT2D eigenvalue weighted by molar-refractivity contribution is -0.127. The first-order valence-electron chi connectivity index (χ1n) is 6.84. The molecule has 0 spiro atoms. The van der Waals surface area contributed by atoms with E-state index in [0.717, 1.165) is 18.4 Å². The normalized spacial score (nSPS) is 9.90. The van der Waals surface area contributed by atoms with Crippen LogP contribution < -0.4 is 15.4 Å². The Morgan fingerprint density at radius 1 is 1.10 bits per heavy atom. The predicted octanol–water partition coefficient (Wildman–Crippen LogP) is 1.41. The number of carbonyl (C=O) groups excluding carboxylic acids is 2. The highest BCUT2D eigenvalue weighted by Crippen LogP contribution is 2.10. The molecule has 0 aliphatic carbocycles. The quantitative estimate of drug-likeness (QED) is 0.706. The molecule has 0 aliphatic heterocycles. The van der Waals surface area contributed by atoms with Crippen LogP contribution in [0, 0.1) is 6.92 Å². The zero-order valence-corrected chi connectivity index (χ0v) is 12.1. The Hall–Kier alpha value is -2.04.